The second kappa shape index (κ2) is 7.24. The topological polar surface area (TPSA) is 122 Å². The van der Waals surface area contributed by atoms with Crippen molar-refractivity contribution in [2.45, 2.75) is 32.7 Å². The predicted octanol–water partition coefficient (Wildman–Crippen LogP) is -0.963. The average molecular weight is 337 g/mol. The lowest BCUT2D eigenvalue weighted by molar-refractivity contribution is -0.159. The molecule has 2 N–H and O–H groups in total. The van der Waals surface area contributed by atoms with Crippen LogP contribution in [0.15, 0.2) is 12.2 Å². The van der Waals surface area contributed by atoms with Gasteiger partial charge >= 0.3 is 5.97 Å². The summed E-state index contributed by atoms with van der Waals surface area (Å²) in [5.41, 5.74) is 4.08. The molecule has 0 spiro atoms. The van der Waals surface area contributed by atoms with E-state index in [1.165, 1.54) is 13.8 Å². The SMILES string of the molecule is CC(=O)NNC(=O)COC(=O)[C@H](C)N1C(=O)[C@H]2CC=CC[C@H]2C1=O. The van der Waals surface area contributed by atoms with Crippen LogP contribution < -0.4 is 10.9 Å². The lowest BCUT2D eigenvalue weighted by Gasteiger charge is -2.21. The molecule has 1 heterocycles. The van der Waals surface area contributed by atoms with Gasteiger partial charge in [0.15, 0.2) is 6.61 Å². The number of imide groups is 1. The summed E-state index contributed by atoms with van der Waals surface area (Å²) in [7, 11) is 0. The van der Waals surface area contributed by atoms with E-state index < -0.39 is 42.3 Å². The number of ether oxygens (including phenoxy) is 1. The van der Waals surface area contributed by atoms with E-state index in [1.54, 1.807) is 0 Å². The average Bonchev–Trinajstić information content (AvgIpc) is 2.81. The lowest BCUT2D eigenvalue weighted by atomic mass is 9.85. The molecule has 0 bridgehead atoms. The molecular weight excluding hydrogens is 318 g/mol. The molecule has 0 saturated carbocycles. The van der Waals surface area contributed by atoms with Crippen molar-refractivity contribution in [3.8, 4) is 0 Å². The molecule has 1 aliphatic carbocycles. The van der Waals surface area contributed by atoms with E-state index in [-0.39, 0.29) is 11.8 Å². The summed E-state index contributed by atoms with van der Waals surface area (Å²) < 4.78 is 4.80. The normalized spacial score (nSPS) is 23.5. The number of hydrogen-bond acceptors (Lipinski definition) is 6. The van der Waals surface area contributed by atoms with Crippen LogP contribution in [-0.2, 0) is 28.7 Å². The molecule has 0 aromatic heterocycles. The minimum atomic E-state index is -1.11. The fraction of sp³-hybridized carbons (Fsp3) is 0.533. The Bertz CT molecular complexity index is 588. The number of hydrazine groups is 1. The van der Waals surface area contributed by atoms with E-state index in [2.05, 4.69) is 0 Å². The van der Waals surface area contributed by atoms with Crippen molar-refractivity contribution >= 4 is 29.6 Å². The number of carbonyl (C=O) groups is 5. The number of esters is 1. The van der Waals surface area contributed by atoms with Gasteiger partial charge in [0.1, 0.15) is 6.04 Å². The Kier molecular flexibility index (Phi) is 5.32. The maximum Gasteiger partial charge on any atom is 0.329 e. The fourth-order valence-electron chi connectivity index (χ4n) is 2.76. The van der Waals surface area contributed by atoms with Crippen LogP contribution in [-0.4, -0.2) is 47.1 Å². The van der Waals surface area contributed by atoms with Crippen molar-refractivity contribution in [1.29, 1.82) is 0 Å². The third-order valence-electron chi connectivity index (χ3n) is 3.99. The highest BCUT2D eigenvalue weighted by Crippen LogP contribution is 2.36. The molecule has 130 valence electrons. The Balaban J connectivity index is 1.91. The van der Waals surface area contributed by atoms with Crippen molar-refractivity contribution < 1.29 is 28.7 Å². The van der Waals surface area contributed by atoms with Gasteiger partial charge in [-0.3, -0.25) is 34.9 Å². The Morgan fingerprint density at radius 1 is 1.17 bits per heavy atom. The van der Waals surface area contributed by atoms with E-state index in [0.717, 1.165) is 4.90 Å². The minimum absolute atomic E-state index is 0.388. The first-order valence-electron chi connectivity index (χ1n) is 7.57. The van der Waals surface area contributed by atoms with Gasteiger partial charge in [0, 0.05) is 6.92 Å². The molecule has 2 aliphatic rings. The number of fused-ring (bicyclic) bond motifs is 1. The molecule has 0 unspecified atom stereocenters. The molecule has 2 rings (SSSR count). The lowest BCUT2D eigenvalue weighted by Crippen LogP contribution is -2.46. The Labute approximate surface area is 138 Å². The highest BCUT2D eigenvalue weighted by Gasteiger charge is 2.50. The van der Waals surface area contributed by atoms with E-state index in [0.29, 0.717) is 12.8 Å². The van der Waals surface area contributed by atoms with Crippen LogP contribution in [0, 0.1) is 11.8 Å². The standard InChI is InChI=1S/C15H19N3O6/c1-8(15(23)24-7-12(20)17-16-9(2)19)18-13(21)10-5-3-4-6-11(10)14(18)22/h3-4,8,10-11H,5-7H2,1-2H3,(H,16,19)(H,17,20)/t8-,10-,11+/m0/s1. The van der Waals surface area contributed by atoms with Crippen molar-refractivity contribution in [2.75, 3.05) is 6.61 Å². The molecule has 9 heteroatoms. The van der Waals surface area contributed by atoms with E-state index in [4.69, 9.17) is 4.74 Å². The Morgan fingerprint density at radius 3 is 2.21 bits per heavy atom. The van der Waals surface area contributed by atoms with Gasteiger partial charge in [-0.15, -0.1) is 0 Å². The zero-order chi connectivity index (χ0) is 17.9. The van der Waals surface area contributed by atoms with Crippen molar-refractivity contribution in [3.63, 3.8) is 0 Å². The molecule has 9 nitrogen and oxygen atoms in total. The number of likely N-dealkylation sites (tertiary alicyclic amines) is 1. The summed E-state index contributed by atoms with van der Waals surface area (Å²) in [5, 5.41) is 0. The summed E-state index contributed by atoms with van der Waals surface area (Å²) in [5.74, 6) is -3.71. The van der Waals surface area contributed by atoms with Crippen molar-refractivity contribution in [2.24, 2.45) is 11.8 Å². The second-order valence-corrected chi connectivity index (χ2v) is 5.72. The molecule has 3 atom stereocenters. The molecule has 1 aliphatic heterocycles. The largest absolute Gasteiger partial charge is 0.454 e. The number of carbonyl (C=O) groups excluding carboxylic acids is 5. The quantitative estimate of drug-likeness (QED) is 0.295. The minimum Gasteiger partial charge on any atom is -0.454 e. The van der Waals surface area contributed by atoms with Crippen LogP contribution in [0.3, 0.4) is 0 Å². The Hall–Kier alpha value is -2.71. The predicted molar refractivity (Wildman–Crippen MR) is 79.6 cm³/mol. The van der Waals surface area contributed by atoms with Gasteiger partial charge in [0.2, 0.25) is 17.7 Å². The number of nitrogens with zero attached hydrogens (tertiary/aromatic N) is 1. The number of hydrogen-bond donors (Lipinski definition) is 2. The summed E-state index contributed by atoms with van der Waals surface area (Å²) in [6.07, 6.45) is 4.66. The molecule has 0 radical (unpaired) electrons. The van der Waals surface area contributed by atoms with Crippen LogP contribution in [0.4, 0.5) is 0 Å². The van der Waals surface area contributed by atoms with Gasteiger partial charge in [-0.05, 0) is 19.8 Å². The van der Waals surface area contributed by atoms with E-state index >= 15 is 0 Å². The van der Waals surface area contributed by atoms with Crippen LogP contribution in [0.2, 0.25) is 0 Å². The third kappa shape index (κ3) is 3.61. The monoisotopic (exact) mass is 337 g/mol. The molecule has 0 aromatic rings. The highest BCUT2D eigenvalue weighted by atomic mass is 16.5. The number of allylic oxidation sites excluding steroid dienone is 2. The first kappa shape index (κ1) is 17.6. The van der Waals surface area contributed by atoms with Crippen molar-refractivity contribution in [3.05, 3.63) is 12.2 Å². The summed E-state index contributed by atoms with van der Waals surface area (Å²) >= 11 is 0. The molecule has 0 aromatic carbocycles. The zero-order valence-electron chi connectivity index (χ0n) is 13.4. The summed E-state index contributed by atoms with van der Waals surface area (Å²) in [6, 6.07) is -1.11. The molecule has 1 fully saturated rings. The van der Waals surface area contributed by atoms with E-state index in [9.17, 15) is 24.0 Å². The maximum atomic E-state index is 12.3. The van der Waals surface area contributed by atoms with Crippen LogP contribution in [0.5, 0.6) is 0 Å². The highest BCUT2D eigenvalue weighted by molar-refractivity contribution is 6.08. The molecule has 1 saturated heterocycles. The van der Waals surface area contributed by atoms with Gasteiger partial charge in [-0.2, -0.15) is 0 Å². The number of nitrogens with one attached hydrogen (secondary N) is 2. The second-order valence-electron chi connectivity index (χ2n) is 5.72. The first-order chi connectivity index (χ1) is 11.3. The van der Waals surface area contributed by atoms with Gasteiger partial charge in [-0.1, -0.05) is 12.2 Å². The van der Waals surface area contributed by atoms with Crippen LogP contribution in [0.25, 0.3) is 0 Å². The molecule has 24 heavy (non-hydrogen) atoms. The zero-order valence-corrected chi connectivity index (χ0v) is 13.4. The van der Waals surface area contributed by atoms with Gasteiger partial charge in [0.25, 0.3) is 5.91 Å². The smallest absolute Gasteiger partial charge is 0.329 e. The first-order valence-corrected chi connectivity index (χ1v) is 7.57. The molecule has 4 amide bonds. The summed E-state index contributed by atoms with van der Waals surface area (Å²) in [4.78, 5) is 59.7. The van der Waals surface area contributed by atoms with Crippen LogP contribution in [0.1, 0.15) is 26.7 Å². The van der Waals surface area contributed by atoms with Gasteiger partial charge in [0.05, 0.1) is 11.8 Å². The molecular formula is C15H19N3O6. The van der Waals surface area contributed by atoms with Crippen LogP contribution >= 0.6 is 0 Å². The van der Waals surface area contributed by atoms with E-state index in [1.807, 2.05) is 23.0 Å². The number of rotatable bonds is 4. The van der Waals surface area contributed by atoms with Gasteiger partial charge in [-0.25, -0.2) is 4.79 Å². The maximum absolute atomic E-state index is 12.3. The Morgan fingerprint density at radius 2 is 1.71 bits per heavy atom. The fourth-order valence-corrected chi connectivity index (χ4v) is 2.76. The van der Waals surface area contributed by atoms with Crippen molar-refractivity contribution in [1.82, 2.24) is 15.8 Å². The number of amides is 4. The third-order valence-corrected chi connectivity index (χ3v) is 3.99. The van der Waals surface area contributed by atoms with Gasteiger partial charge < -0.3 is 4.74 Å². The summed E-state index contributed by atoms with van der Waals surface area (Å²) in [6.45, 7) is 1.95.